The minimum absolute atomic E-state index is 0.108. The summed E-state index contributed by atoms with van der Waals surface area (Å²) in [4.78, 5) is 28.6. The Morgan fingerprint density at radius 3 is 2.64 bits per heavy atom. The van der Waals surface area contributed by atoms with E-state index in [9.17, 15) is 9.59 Å². The number of benzene rings is 1. The Kier molecular flexibility index (Phi) is 5.75. The Balaban J connectivity index is 1.50. The summed E-state index contributed by atoms with van der Waals surface area (Å²) in [6, 6.07) is 11.7. The number of anilines is 1. The Morgan fingerprint density at radius 2 is 2.04 bits per heavy atom. The van der Waals surface area contributed by atoms with Crippen LogP contribution in [-0.4, -0.2) is 30.4 Å². The van der Waals surface area contributed by atoms with Gasteiger partial charge in [-0.15, -0.1) is 11.3 Å². The van der Waals surface area contributed by atoms with Crippen molar-refractivity contribution in [2.45, 2.75) is 25.9 Å². The molecule has 1 saturated heterocycles. The molecule has 132 valence electrons. The molecular formula is C18H20BrN3O2S. The summed E-state index contributed by atoms with van der Waals surface area (Å²) < 4.78 is 1.06. The third-order valence-electron chi connectivity index (χ3n) is 4.13. The quantitative estimate of drug-likeness (QED) is 0.793. The average Bonchev–Trinajstić information content (AvgIpc) is 3.21. The molecule has 7 heteroatoms. The molecule has 1 aliphatic rings. The maximum absolute atomic E-state index is 12.2. The summed E-state index contributed by atoms with van der Waals surface area (Å²) in [6.07, 6.45) is 1.55. The lowest BCUT2D eigenvalue weighted by Crippen LogP contribution is -2.36. The van der Waals surface area contributed by atoms with Gasteiger partial charge in [0.2, 0.25) is 5.91 Å². The number of carbonyl (C=O) groups excluding carboxylic acids is 2. The van der Waals surface area contributed by atoms with Crippen LogP contribution in [0.2, 0.25) is 0 Å². The Labute approximate surface area is 159 Å². The summed E-state index contributed by atoms with van der Waals surface area (Å²) in [6.45, 7) is 1.84. The van der Waals surface area contributed by atoms with E-state index in [2.05, 4.69) is 21.2 Å². The van der Waals surface area contributed by atoms with E-state index in [-0.39, 0.29) is 11.9 Å². The zero-order chi connectivity index (χ0) is 17.8. The molecule has 2 aromatic rings. The fourth-order valence-electron chi connectivity index (χ4n) is 2.77. The second-order valence-electron chi connectivity index (χ2n) is 6.04. The van der Waals surface area contributed by atoms with Crippen LogP contribution in [0.15, 0.2) is 40.2 Å². The first-order valence-corrected chi connectivity index (χ1v) is 9.76. The number of rotatable bonds is 5. The molecule has 5 nitrogen and oxygen atoms in total. The van der Waals surface area contributed by atoms with E-state index in [1.807, 2.05) is 41.3 Å². The minimum atomic E-state index is -0.108. The first-order chi connectivity index (χ1) is 12.0. The Bertz CT molecular complexity index is 760. The number of carbonyl (C=O) groups is 2. The van der Waals surface area contributed by atoms with Gasteiger partial charge in [0.1, 0.15) is 0 Å². The lowest BCUT2D eigenvalue weighted by Gasteiger charge is -2.18. The van der Waals surface area contributed by atoms with E-state index in [4.69, 9.17) is 0 Å². The van der Waals surface area contributed by atoms with Crippen LogP contribution < -0.4 is 10.2 Å². The summed E-state index contributed by atoms with van der Waals surface area (Å²) in [5.74, 6) is 0.183. The summed E-state index contributed by atoms with van der Waals surface area (Å²) in [7, 11) is 1.78. The molecule has 1 aromatic heterocycles. The SMILES string of the molecule is CN(Cc1ccc(Br)s1)C(=O)NCc1ccc(N2CCCC2=O)cc1. The zero-order valence-corrected chi connectivity index (χ0v) is 16.4. The summed E-state index contributed by atoms with van der Waals surface area (Å²) in [5, 5.41) is 2.92. The van der Waals surface area contributed by atoms with Gasteiger partial charge in [0.25, 0.3) is 0 Å². The topological polar surface area (TPSA) is 52.7 Å². The third-order valence-corrected chi connectivity index (χ3v) is 5.74. The van der Waals surface area contributed by atoms with Gasteiger partial charge in [-0.1, -0.05) is 12.1 Å². The van der Waals surface area contributed by atoms with Crippen molar-refractivity contribution in [3.8, 4) is 0 Å². The highest BCUT2D eigenvalue weighted by Crippen LogP contribution is 2.23. The van der Waals surface area contributed by atoms with Crippen LogP contribution >= 0.6 is 27.3 Å². The van der Waals surface area contributed by atoms with Crippen molar-refractivity contribution in [2.75, 3.05) is 18.5 Å². The van der Waals surface area contributed by atoms with Crippen molar-refractivity contribution in [1.29, 1.82) is 0 Å². The van der Waals surface area contributed by atoms with E-state index >= 15 is 0 Å². The lowest BCUT2D eigenvalue weighted by molar-refractivity contribution is -0.117. The lowest BCUT2D eigenvalue weighted by atomic mass is 10.2. The van der Waals surface area contributed by atoms with Crippen LogP contribution in [0.1, 0.15) is 23.3 Å². The molecule has 1 aliphatic heterocycles. The van der Waals surface area contributed by atoms with Gasteiger partial charge in [0.05, 0.1) is 10.3 Å². The van der Waals surface area contributed by atoms with Crippen LogP contribution in [0.4, 0.5) is 10.5 Å². The minimum Gasteiger partial charge on any atom is -0.334 e. The normalized spacial score (nSPS) is 14.0. The summed E-state index contributed by atoms with van der Waals surface area (Å²) in [5.41, 5.74) is 1.94. The molecule has 0 bridgehead atoms. The van der Waals surface area contributed by atoms with Crippen molar-refractivity contribution < 1.29 is 9.59 Å². The smallest absolute Gasteiger partial charge is 0.317 e. The molecule has 0 unspecified atom stereocenters. The molecular weight excluding hydrogens is 402 g/mol. The predicted octanol–water partition coefficient (Wildman–Crippen LogP) is 3.98. The molecule has 0 atom stereocenters. The number of thiophene rings is 1. The molecule has 0 aliphatic carbocycles. The number of hydrogen-bond acceptors (Lipinski definition) is 3. The molecule has 0 radical (unpaired) electrons. The molecule has 1 aromatic carbocycles. The molecule has 25 heavy (non-hydrogen) atoms. The number of urea groups is 1. The maximum Gasteiger partial charge on any atom is 0.317 e. The van der Waals surface area contributed by atoms with E-state index < -0.39 is 0 Å². The van der Waals surface area contributed by atoms with Gasteiger partial charge in [-0.25, -0.2) is 4.79 Å². The van der Waals surface area contributed by atoms with Crippen LogP contribution in [0.5, 0.6) is 0 Å². The van der Waals surface area contributed by atoms with Gasteiger partial charge in [-0.2, -0.15) is 0 Å². The number of halogens is 1. The number of amides is 3. The third kappa shape index (κ3) is 4.61. The molecule has 3 rings (SSSR count). The van der Waals surface area contributed by atoms with E-state index in [0.29, 0.717) is 19.5 Å². The number of hydrogen-bond donors (Lipinski definition) is 1. The molecule has 1 fully saturated rings. The van der Waals surface area contributed by atoms with Gasteiger partial charge in [-0.05, 0) is 52.2 Å². The average molecular weight is 422 g/mol. The second kappa shape index (κ2) is 8.01. The molecule has 1 N–H and O–H groups in total. The molecule has 0 spiro atoms. The van der Waals surface area contributed by atoms with Crippen LogP contribution in [0.3, 0.4) is 0 Å². The van der Waals surface area contributed by atoms with Crippen molar-refractivity contribution in [1.82, 2.24) is 10.2 Å². The van der Waals surface area contributed by atoms with Crippen LogP contribution in [0, 0.1) is 0 Å². The van der Waals surface area contributed by atoms with E-state index in [1.54, 1.807) is 23.3 Å². The first kappa shape index (κ1) is 17.9. The number of nitrogens with one attached hydrogen (secondary N) is 1. The van der Waals surface area contributed by atoms with Crippen molar-refractivity contribution >= 4 is 44.9 Å². The van der Waals surface area contributed by atoms with Gasteiger partial charge in [0.15, 0.2) is 0 Å². The van der Waals surface area contributed by atoms with Crippen LogP contribution in [0.25, 0.3) is 0 Å². The van der Waals surface area contributed by atoms with Crippen LogP contribution in [-0.2, 0) is 17.9 Å². The Hall–Kier alpha value is -1.86. The van der Waals surface area contributed by atoms with Gasteiger partial charge < -0.3 is 15.1 Å². The van der Waals surface area contributed by atoms with Crippen molar-refractivity contribution in [2.24, 2.45) is 0 Å². The number of nitrogens with zero attached hydrogens (tertiary/aromatic N) is 2. The van der Waals surface area contributed by atoms with E-state index in [1.165, 1.54) is 0 Å². The standard InChI is InChI=1S/C18H20BrN3O2S/c1-21(12-15-8-9-16(19)25-15)18(24)20-11-13-4-6-14(7-5-13)22-10-2-3-17(22)23/h4-9H,2-3,10-12H2,1H3,(H,20,24). The molecule has 2 heterocycles. The molecule has 3 amide bonds. The predicted molar refractivity (Wildman–Crippen MR) is 104 cm³/mol. The highest BCUT2D eigenvalue weighted by molar-refractivity contribution is 9.11. The van der Waals surface area contributed by atoms with Gasteiger partial charge in [-0.3, -0.25) is 4.79 Å². The summed E-state index contributed by atoms with van der Waals surface area (Å²) >= 11 is 5.05. The largest absolute Gasteiger partial charge is 0.334 e. The first-order valence-electron chi connectivity index (χ1n) is 8.15. The fourth-order valence-corrected chi connectivity index (χ4v) is 4.31. The van der Waals surface area contributed by atoms with E-state index in [0.717, 1.165) is 32.9 Å². The highest BCUT2D eigenvalue weighted by Gasteiger charge is 2.21. The second-order valence-corrected chi connectivity index (χ2v) is 8.58. The fraction of sp³-hybridized carbons (Fsp3) is 0.333. The Morgan fingerprint density at radius 1 is 1.28 bits per heavy atom. The van der Waals surface area contributed by atoms with Crippen molar-refractivity contribution in [3.63, 3.8) is 0 Å². The highest BCUT2D eigenvalue weighted by atomic mass is 79.9. The van der Waals surface area contributed by atoms with Gasteiger partial charge in [0, 0.05) is 37.1 Å². The monoisotopic (exact) mass is 421 g/mol. The molecule has 0 saturated carbocycles. The zero-order valence-electron chi connectivity index (χ0n) is 14.0. The van der Waals surface area contributed by atoms with Crippen molar-refractivity contribution in [3.05, 3.63) is 50.6 Å². The van der Waals surface area contributed by atoms with Gasteiger partial charge >= 0.3 is 6.03 Å². The maximum atomic E-state index is 12.2.